The molecular formula is C14H19BrClN. The van der Waals surface area contributed by atoms with Gasteiger partial charge in [0.1, 0.15) is 0 Å². The highest BCUT2D eigenvalue weighted by molar-refractivity contribution is 9.10. The van der Waals surface area contributed by atoms with Gasteiger partial charge in [-0.3, -0.25) is 0 Å². The van der Waals surface area contributed by atoms with E-state index in [1.54, 1.807) is 0 Å². The second kappa shape index (κ2) is 5.73. The summed E-state index contributed by atoms with van der Waals surface area (Å²) in [6, 6.07) is 6.29. The highest BCUT2D eigenvalue weighted by Crippen LogP contribution is 2.38. The van der Waals surface area contributed by atoms with Gasteiger partial charge in [0, 0.05) is 9.50 Å². The molecule has 1 heterocycles. The number of rotatable bonds is 2. The molecule has 0 aliphatic carbocycles. The van der Waals surface area contributed by atoms with Gasteiger partial charge in [0.2, 0.25) is 0 Å². The molecule has 1 N–H and O–H groups in total. The van der Waals surface area contributed by atoms with Crippen LogP contribution < -0.4 is 5.32 Å². The van der Waals surface area contributed by atoms with E-state index in [1.807, 2.05) is 6.07 Å². The normalized spacial score (nSPS) is 25.2. The average molecular weight is 317 g/mol. The minimum atomic E-state index is 0.594. The molecule has 0 aromatic heterocycles. The molecule has 1 fully saturated rings. The molecule has 0 radical (unpaired) electrons. The first-order valence-corrected chi connectivity index (χ1v) is 7.42. The Morgan fingerprint density at radius 2 is 2.18 bits per heavy atom. The molecule has 3 heteroatoms. The van der Waals surface area contributed by atoms with Gasteiger partial charge >= 0.3 is 0 Å². The maximum absolute atomic E-state index is 6.38. The van der Waals surface area contributed by atoms with Crippen LogP contribution in [-0.4, -0.2) is 13.1 Å². The SMILES string of the molecule is CC(C)C1CNCCC1c1ccc(Br)cc1Cl. The Labute approximate surface area is 117 Å². The molecule has 1 aromatic rings. The molecule has 0 amide bonds. The second-order valence-electron chi connectivity index (χ2n) is 5.17. The summed E-state index contributed by atoms with van der Waals surface area (Å²) in [7, 11) is 0. The summed E-state index contributed by atoms with van der Waals surface area (Å²) in [5, 5.41) is 4.39. The maximum atomic E-state index is 6.38. The summed E-state index contributed by atoms with van der Waals surface area (Å²) in [6.45, 7) is 6.81. The molecule has 0 bridgehead atoms. The third-order valence-electron chi connectivity index (χ3n) is 3.75. The van der Waals surface area contributed by atoms with Crippen LogP contribution in [0.4, 0.5) is 0 Å². The van der Waals surface area contributed by atoms with Crippen LogP contribution in [0.25, 0.3) is 0 Å². The highest BCUT2D eigenvalue weighted by Gasteiger charge is 2.29. The Morgan fingerprint density at radius 1 is 1.41 bits per heavy atom. The van der Waals surface area contributed by atoms with Gasteiger partial charge in [-0.05, 0) is 55.0 Å². The Hall–Kier alpha value is -0.0500. The standard InChI is InChI=1S/C14H19BrClN/c1-9(2)13-8-17-6-5-11(13)12-4-3-10(15)7-14(12)16/h3-4,7,9,11,13,17H,5-6,8H2,1-2H3. The van der Waals surface area contributed by atoms with Gasteiger partial charge in [-0.25, -0.2) is 0 Å². The van der Waals surface area contributed by atoms with Crippen LogP contribution in [0.2, 0.25) is 5.02 Å². The minimum Gasteiger partial charge on any atom is -0.316 e. The largest absolute Gasteiger partial charge is 0.316 e. The molecule has 1 saturated heterocycles. The van der Waals surface area contributed by atoms with E-state index >= 15 is 0 Å². The Bertz CT molecular complexity index is 392. The van der Waals surface area contributed by atoms with Gasteiger partial charge in [-0.1, -0.05) is 47.4 Å². The zero-order chi connectivity index (χ0) is 12.4. The number of hydrogen-bond acceptors (Lipinski definition) is 1. The molecule has 1 aromatic carbocycles. The van der Waals surface area contributed by atoms with Crippen LogP contribution in [-0.2, 0) is 0 Å². The molecule has 1 nitrogen and oxygen atoms in total. The average Bonchev–Trinajstić information content (AvgIpc) is 2.29. The summed E-state index contributed by atoms with van der Waals surface area (Å²) in [5.41, 5.74) is 1.31. The van der Waals surface area contributed by atoms with Crippen molar-refractivity contribution in [3.05, 3.63) is 33.3 Å². The minimum absolute atomic E-state index is 0.594. The lowest BCUT2D eigenvalue weighted by molar-refractivity contribution is 0.255. The number of benzene rings is 1. The number of piperidine rings is 1. The van der Waals surface area contributed by atoms with Crippen molar-refractivity contribution < 1.29 is 0 Å². The smallest absolute Gasteiger partial charge is 0.0452 e. The van der Waals surface area contributed by atoms with E-state index in [0.29, 0.717) is 17.8 Å². The fourth-order valence-corrected chi connectivity index (χ4v) is 3.58. The number of hydrogen-bond donors (Lipinski definition) is 1. The molecule has 17 heavy (non-hydrogen) atoms. The first-order chi connectivity index (χ1) is 8.09. The zero-order valence-corrected chi connectivity index (χ0v) is 12.7. The van der Waals surface area contributed by atoms with Crippen molar-refractivity contribution >= 4 is 27.5 Å². The van der Waals surface area contributed by atoms with E-state index in [-0.39, 0.29) is 0 Å². The molecular weight excluding hydrogens is 298 g/mol. The van der Waals surface area contributed by atoms with Gasteiger partial charge in [-0.2, -0.15) is 0 Å². The van der Waals surface area contributed by atoms with Crippen molar-refractivity contribution in [2.75, 3.05) is 13.1 Å². The Kier molecular flexibility index (Phi) is 4.51. The Balaban J connectivity index is 2.29. The lowest BCUT2D eigenvalue weighted by Gasteiger charge is -2.35. The molecule has 1 aliphatic heterocycles. The second-order valence-corrected chi connectivity index (χ2v) is 6.50. The summed E-state index contributed by atoms with van der Waals surface area (Å²) in [6.07, 6.45) is 1.18. The molecule has 0 saturated carbocycles. The van der Waals surface area contributed by atoms with Gasteiger partial charge in [0.15, 0.2) is 0 Å². The van der Waals surface area contributed by atoms with Gasteiger partial charge in [0.05, 0.1) is 0 Å². The molecule has 94 valence electrons. The van der Waals surface area contributed by atoms with E-state index in [0.717, 1.165) is 22.6 Å². The maximum Gasteiger partial charge on any atom is 0.0452 e. The van der Waals surface area contributed by atoms with Crippen LogP contribution in [0, 0.1) is 11.8 Å². The molecule has 1 aliphatic rings. The van der Waals surface area contributed by atoms with Crippen LogP contribution in [0.3, 0.4) is 0 Å². The quantitative estimate of drug-likeness (QED) is 0.850. The molecule has 2 atom stereocenters. The van der Waals surface area contributed by atoms with Crippen molar-refractivity contribution in [2.45, 2.75) is 26.2 Å². The van der Waals surface area contributed by atoms with E-state index in [1.165, 1.54) is 12.0 Å². The van der Waals surface area contributed by atoms with Crippen LogP contribution >= 0.6 is 27.5 Å². The first kappa shape index (κ1) is 13.4. The van der Waals surface area contributed by atoms with E-state index in [9.17, 15) is 0 Å². The van der Waals surface area contributed by atoms with E-state index in [2.05, 4.69) is 47.2 Å². The summed E-state index contributed by atoms with van der Waals surface area (Å²) >= 11 is 9.85. The van der Waals surface area contributed by atoms with Crippen molar-refractivity contribution in [3.8, 4) is 0 Å². The number of nitrogens with one attached hydrogen (secondary N) is 1. The first-order valence-electron chi connectivity index (χ1n) is 6.25. The number of halogens is 2. The van der Waals surface area contributed by atoms with Crippen LogP contribution in [0.15, 0.2) is 22.7 Å². The third-order valence-corrected chi connectivity index (χ3v) is 4.57. The van der Waals surface area contributed by atoms with Crippen LogP contribution in [0.5, 0.6) is 0 Å². The van der Waals surface area contributed by atoms with Crippen molar-refractivity contribution in [2.24, 2.45) is 11.8 Å². The van der Waals surface area contributed by atoms with Crippen molar-refractivity contribution in [1.29, 1.82) is 0 Å². The summed E-state index contributed by atoms with van der Waals surface area (Å²) in [4.78, 5) is 0. The predicted octanol–water partition coefficient (Wildman–Crippen LogP) is 4.45. The predicted molar refractivity (Wildman–Crippen MR) is 77.7 cm³/mol. The topological polar surface area (TPSA) is 12.0 Å². The lowest BCUT2D eigenvalue weighted by atomic mass is 9.75. The van der Waals surface area contributed by atoms with Gasteiger partial charge in [-0.15, -0.1) is 0 Å². The monoisotopic (exact) mass is 315 g/mol. The molecule has 2 rings (SSSR count). The summed E-state index contributed by atoms with van der Waals surface area (Å²) < 4.78 is 1.06. The zero-order valence-electron chi connectivity index (χ0n) is 10.3. The third kappa shape index (κ3) is 3.04. The van der Waals surface area contributed by atoms with Crippen molar-refractivity contribution in [1.82, 2.24) is 5.32 Å². The highest BCUT2D eigenvalue weighted by atomic mass is 79.9. The van der Waals surface area contributed by atoms with E-state index in [4.69, 9.17) is 11.6 Å². The summed E-state index contributed by atoms with van der Waals surface area (Å²) in [5.74, 6) is 1.96. The Morgan fingerprint density at radius 3 is 2.82 bits per heavy atom. The van der Waals surface area contributed by atoms with Gasteiger partial charge in [0.25, 0.3) is 0 Å². The lowest BCUT2D eigenvalue weighted by Crippen LogP contribution is -2.38. The molecule has 0 spiro atoms. The fourth-order valence-electron chi connectivity index (χ4n) is 2.77. The fraction of sp³-hybridized carbons (Fsp3) is 0.571. The van der Waals surface area contributed by atoms with Crippen molar-refractivity contribution in [3.63, 3.8) is 0 Å². The van der Waals surface area contributed by atoms with Crippen LogP contribution in [0.1, 0.15) is 31.7 Å². The van der Waals surface area contributed by atoms with Gasteiger partial charge < -0.3 is 5.32 Å². The van der Waals surface area contributed by atoms with E-state index < -0.39 is 0 Å². The molecule has 2 unspecified atom stereocenters.